The number of nitrogens with zero attached hydrogens (tertiary/aromatic N) is 8. The van der Waals surface area contributed by atoms with Crippen LogP contribution in [-0.2, 0) is 43.2 Å². The number of aryl methyl sites for hydroxylation is 4. The first-order valence-electron chi connectivity index (χ1n) is 20.9. The van der Waals surface area contributed by atoms with Crippen LogP contribution in [0, 0.1) is 18.3 Å². The van der Waals surface area contributed by atoms with Crippen LogP contribution in [0.2, 0.25) is 10.0 Å². The summed E-state index contributed by atoms with van der Waals surface area (Å²) in [6, 6.07) is 12.9. The molecule has 2 fully saturated rings. The molecule has 4 atom stereocenters. The number of hydrogen-bond acceptors (Lipinski definition) is 12. The van der Waals surface area contributed by atoms with Crippen molar-refractivity contribution in [2.24, 2.45) is 25.4 Å². The van der Waals surface area contributed by atoms with Gasteiger partial charge < -0.3 is 23.9 Å². The lowest BCUT2D eigenvalue weighted by atomic mass is 9.56. The summed E-state index contributed by atoms with van der Waals surface area (Å²) < 4.78 is 24.1. The number of imide groups is 1. The normalized spacial score (nSPS) is 20.2. The van der Waals surface area contributed by atoms with Gasteiger partial charge in [0, 0.05) is 60.9 Å². The van der Waals surface area contributed by atoms with Crippen LogP contribution in [0.3, 0.4) is 0 Å². The van der Waals surface area contributed by atoms with Crippen LogP contribution < -0.4 is 36.0 Å². The molecule has 17 nitrogen and oxygen atoms in total. The van der Waals surface area contributed by atoms with Gasteiger partial charge in [-0.25, -0.2) is 33.4 Å². The number of carbonyl (C=O) groups is 2. The molecule has 0 bridgehead atoms. The summed E-state index contributed by atoms with van der Waals surface area (Å²) >= 11 is 14.5. The van der Waals surface area contributed by atoms with Gasteiger partial charge in [0.05, 0.1) is 66.2 Å². The minimum Gasteiger partial charge on any atom is -0.503 e. The predicted octanol–water partition coefficient (Wildman–Crippen LogP) is 6.13. The van der Waals surface area contributed by atoms with E-state index in [-0.39, 0.29) is 54.0 Å². The highest BCUT2D eigenvalue weighted by atomic mass is 35.5. The molecule has 1 aliphatic carbocycles. The summed E-state index contributed by atoms with van der Waals surface area (Å²) in [5.41, 5.74) is 0.538. The highest BCUT2D eigenvalue weighted by molar-refractivity contribution is 7.22. The molecule has 4 unspecified atom stereocenters. The number of halogens is 2. The van der Waals surface area contributed by atoms with Crippen LogP contribution in [0.15, 0.2) is 74.6 Å². The fraction of sp³-hybridized carbons (Fsp3) is 0.326. The monoisotopic (exact) mass is 952 g/mol. The summed E-state index contributed by atoms with van der Waals surface area (Å²) in [6.07, 6.45) is 1.75. The maximum Gasteiger partial charge on any atom is 0.347 e. The number of phenols is 1. The number of ether oxygens (including phenoxy) is 3. The second-order valence-electron chi connectivity index (χ2n) is 17.0. The van der Waals surface area contributed by atoms with Gasteiger partial charge in [0.2, 0.25) is 11.8 Å². The number of thiophene rings is 1. The maximum atomic E-state index is 15.3. The third kappa shape index (κ3) is 6.14. The first-order chi connectivity index (χ1) is 31.5. The van der Waals surface area contributed by atoms with Crippen LogP contribution in [-0.4, -0.2) is 71.5 Å². The van der Waals surface area contributed by atoms with Crippen molar-refractivity contribution in [1.82, 2.24) is 33.3 Å². The number of methoxy groups -OCH3 is 3. The molecule has 4 aromatic heterocycles. The Balaban J connectivity index is 1.06. The molecule has 1 N–H and O–H groups in total. The number of allylic oxidation sites excluding steroid dienone is 2. The van der Waals surface area contributed by atoms with Crippen molar-refractivity contribution in [3.8, 4) is 33.6 Å². The smallest absolute Gasteiger partial charge is 0.347 e. The minimum absolute atomic E-state index is 0.00875. The summed E-state index contributed by atoms with van der Waals surface area (Å²) in [6.45, 7) is 3.50. The van der Waals surface area contributed by atoms with Gasteiger partial charge in [-0.2, -0.15) is 5.10 Å². The number of benzene rings is 3. The Morgan fingerprint density at radius 1 is 0.924 bits per heavy atom. The third-order valence-electron chi connectivity index (χ3n) is 13.7. The second kappa shape index (κ2) is 15.5. The molecule has 6 heterocycles. The first kappa shape index (κ1) is 43.3. The lowest BCUT2D eigenvalue weighted by Crippen LogP contribution is -2.49. The molecule has 10 rings (SSSR count). The summed E-state index contributed by atoms with van der Waals surface area (Å²) in [7, 11) is 7.63. The van der Waals surface area contributed by atoms with Crippen molar-refractivity contribution in [3.05, 3.63) is 118 Å². The van der Waals surface area contributed by atoms with Crippen LogP contribution in [0.25, 0.3) is 31.7 Å². The molecule has 3 aromatic carbocycles. The number of fused-ring (bicyclic) bond motifs is 6. The van der Waals surface area contributed by atoms with Gasteiger partial charge in [0.15, 0.2) is 23.0 Å². The summed E-state index contributed by atoms with van der Waals surface area (Å²) in [5.74, 6) is -2.06. The van der Waals surface area contributed by atoms with Gasteiger partial charge in [0.25, 0.3) is 5.56 Å². The van der Waals surface area contributed by atoms with Crippen LogP contribution in [0.5, 0.6) is 23.0 Å². The third-order valence-corrected chi connectivity index (χ3v) is 15.5. The first-order valence-corrected chi connectivity index (χ1v) is 22.5. The van der Waals surface area contributed by atoms with Crippen LogP contribution in [0.1, 0.15) is 42.1 Å². The molecule has 7 aromatic rings. The minimum atomic E-state index is -1.46. The van der Waals surface area contributed by atoms with Crippen molar-refractivity contribution in [2.75, 3.05) is 26.2 Å². The number of aromatic hydroxyl groups is 1. The molecule has 66 heavy (non-hydrogen) atoms. The van der Waals surface area contributed by atoms with Gasteiger partial charge >= 0.3 is 11.4 Å². The molecule has 2 aliphatic heterocycles. The van der Waals surface area contributed by atoms with E-state index in [1.165, 1.54) is 62.2 Å². The largest absolute Gasteiger partial charge is 0.503 e. The van der Waals surface area contributed by atoms with Crippen molar-refractivity contribution in [3.63, 3.8) is 0 Å². The Bertz CT molecular complexity index is 3490. The molecule has 20 heteroatoms. The zero-order valence-electron chi connectivity index (χ0n) is 36.7. The van der Waals surface area contributed by atoms with Crippen molar-refractivity contribution < 1.29 is 28.9 Å². The molecule has 1 saturated heterocycles. The van der Waals surface area contributed by atoms with E-state index in [1.807, 2.05) is 31.2 Å². The number of aromatic nitrogens is 7. The van der Waals surface area contributed by atoms with Gasteiger partial charge in [-0.3, -0.25) is 19.1 Å². The number of amides is 2. The molecule has 340 valence electrons. The van der Waals surface area contributed by atoms with E-state index in [4.69, 9.17) is 42.5 Å². The SMILES string of the molecule is COc1cc2nc(CCn3c(=O)n4n(c3=O)C3CC5C(=O)N(c6cc(-c7sc8ccc(Cl)cc8c7C)nn6C)C(=O)C5(C)C(c5cc(Cl)c(O)c(OC)c5)C3=CC4)c(=O)n(C)c2cc1OC. The van der Waals surface area contributed by atoms with Gasteiger partial charge in [-0.1, -0.05) is 29.3 Å². The summed E-state index contributed by atoms with van der Waals surface area (Å²) in [5, 5.41) is 17.1. The number of anilines is 1. The average Bonchev–Trinajstić information content (AvgIpc) is 3.97. The molecular weight excluding hydrogens is 912 g/mol. The molecule has 0 spiro atoms. The van der Waals surface area contributed by atoms with Crippen molar-refractivity contribution in [1.29, 1.82) is 0 Å². The van der Waals surface area contributed by atoms with E-state index in [9.17, 15) is 19.5 Å². The van der Waals surface area contributed by atoms with Gasteiger partial charge in [-0.15, -0.1) is 11.3 Å². The Morgan fingerprint density at radius 2 is 1.65 bits per heavy atom. The number of hydrogen-bond donors (Lipinski definition) is 1. The lowest BCUT2D eigenvalue weighted by molar-refractivity contribution is -0.129. The highest BCUT2D eigenvalue weighted by Crippen LogP contribution is 2.62. The molecule has 0 radical (unpaired) electrons. The quantitative estimate of drug-likeness (QED) is 0.130. The molecule has 3 aliphatic rings. The Hall–Kier alpha value is -6.63. The van der Waals surface area contributed by atoms with Crippen molar-refractivity contribution in [2.45, 2.75) is 51.7 Å². The number of phenolic OH excluding ortho intramolecular Hbond substituents is 1. The van der Waals surface area contributed by atoms with Gasteiger partial charge in [0.1, 0.15) is 17.2 Å². The Morgan fingerprint density at radius 3 is 2.38 bits per heavy atom. The van der Waals surface area contributed by atoms with E-state index < -0.39 is 52.0 Å². The van der Waals surface area contributed by atoms with Crippen LogP contribution >= 0.6 is 34.5 Å². The fourth-order valence-corrected chi connectivity index (χ4v) is 11.9. The summed E-state index contributed by atoms with van der Waals surface area (Å²) in [4.78, 5) is 79.5. The molecule has 1 saturated carbocycles. The topological polar surface area (TPSA) is 187 Å². The number of carbonyl (C=O) groups excluding carboxylic acids is 2. The standard InChI is InChI=1S/C46H42Cl2N8O9S/c1-21-25-16-23(47)8-9-36(25)66-40(21)30-19-37(52(4)50-30)55-41(58)26-17-31-24(38(46(26,2)43(55)60)22-14-27(48)39(57)35(15-22)65-7)10-13-54-44(61)53(45(62)56(31)54)12-11-28-42(59)51(3)32-20-34(64-6)33(63-5)18-29(32)49-28/h8-10,14-16,18-20,26,31,38,57H,11-13,17H2,1-7H3. The van der Waals surface area contributed by atoms with Gasteiger partial charge in [-0.05, 0) is 72.7 Å². The zero-order valence-corrected chi connectivity index (χ0v) is 39.0. The van der Waals surface area contributed by atoms with E-state index in [0.29, 0.717) is 44.4 Å². The molecular formula is C46H42Cl2N8O9S. The van der Waals surface area contributed by atoms with Crippen LogP contribution in [0.4, 0.5) is 5.82 Å². The fourth-order valence-electron chi connectivity index (χ4n) is 10.3. The Labute approximate surface area is 389 Å². The number of rotatable bonds is 9. The predicted molar refractivity (Wildman–Crippen MR) is 249 cm³/mol. The van der Waals surface area contributed by atoms with Crippen molar-refractivity contribution >= 4 is 73.3 Å². The van der Waals surface area contributed by atoms with E-state index >= 15 is 9.59 Å². The second-order valence-corrected chi connectivity index (χ2v) is 18.9. The zero-order chi connectivity index (χ0) is 46.8. The average molecular weight is 954 g/mol. The highest BCUT2D eigenvalue weighted by Gasteiger charge is 2.66. The molecule has 2 amide bonds. The lowest BCUT2D eigenvalue weighted by Gasteiger charge is -2.47. The Kier molecular flexibility index (Phi) is 10.2. The van der Waals surface area contributed by atoms with E-state index in [1.54, 1.807) is 45.3 Å². The van der Waals surface area contributed by atoms with E-state index in [2.05, 4.69) is 4.98 Å². The van der Waals surface area contributed by atoms with E-state index in [0.717, 1.165) is 25.1 Å². The maximum absolute atomic E-state index is 15.3.